The lowest BCUT2D eigenvalue weighted by Gasteiger charge is -2.19. The molecule has 134 valence electrons. The molecule has 7 heteroatoms. The van der Waals surface area contributed by atoms with Gasteiger partial charge in [0.25, 0.3) is 0 Å². The van der Waals surface area contributed by atoms with Gasteiger partial charge in [-0.1, -0.05) is 12.1 Å². The third-order valence-corrected chi connectivity index (χ3v) is 3.29. The van der Waals surface area contributed by atoms with Crippen molar-refractivity contribution < 1.29 is 19.4 Å². The summed E-state index contributed by atoms with van der Waals surface area (Å²) < 4.78 is 5.19. The molecule has 7 nitrogen and oxygen atoms in total. The fraction of sp³-hybridized carbons (Fsp3) is 0.333. The summed E-state index contributed by atoms with van der Waals surface area (Å²) in [5.74, 6) is -0.948. The number of ether oxygens (including phenoxy) is 1. The lowest BCUT2D eigenvalue weighted by molar-refractivity contribution is 0.0634. The highest BCUT2D eigenvalue weighted by molar-refractivity contribution is 5.89. The van der Waals surface area contributed by atoms with Crippen molar-refractivity contribution >= 4 is 17.7 Å². The molecule has 1 aromatic heterocycles. The largest absolute Gasteiger partial charge is 0.478 e. The minimum Gasteiger partial charge on any atom is -0.478 e. The van der Waals surface area contributed by atoms with Gasteiger partial charge in [0.15, 0.2) is 0 Å². The lowest BCUT2D eigenvalue weighted by atomic mass is 10.2. The van der Waals surface area contributed by atoms with Crippen LogP contribution in [-0.4, -0.2) is 27.8 Å². The molecule has 25 heavy (non-hydrogen) atoms. The first-order chi connectivity index (χ1) is 11.7. The Kier molecular flexibility index (Phi) is 5.82. The van der Waals surface area contributed by atoms with Crippen molar-refractivity contribution in [3.05, 3.63) is 53.3 Å². The number of aromatic nitrogens is 1. The van der Waals surface area contributed by atoms with E-state index in [0.717, 1.165) is 5.56 Å². The van der Waals surface area contributed by atoms with E-state index in [1.54, 1.807) is 39.1 Å². The molecular formula is C18H23N3O4. The number of carbonyl (C=O) groups excluding carboxylic acids is 1. The Morgan fingerprint density at radius 2 is 1.80 bits per heavy atom. The van der Waals surface area contributed by atoms with Gasteiger partial charge in [0.1, 0.15) is 5.60 Å². The average Bonchev–Trinajstić information content (AvgIpc) is 2.96. The van der Waals surface area contributed by atoms with Crippen LogP contribution in [0.4, 0.5) is 10.5 Å². The van der Waals surface area contributed by atoms with E-state index in [1.807, 2.05) is 12.1 Å². The van der Waals surface area contributed by atoms with Crippen molar-refractivity contribution in [1.29, 1.82) is 0 Å². The smallest absolute Gasteiger partial charge is 0.412 e. The summed E-state index contributed by atoms with van der Waals surface area (Å²) in [5, 5.41) is 14.9. The van der Waals surface area contributed by atoms with Gasteiger partial charge < -0.3 is 20.1 Å². The summed E-state index contributed by atoms with van der Waals surface area (Å²) in [5.41, 5.74) is 2.02. The van der Waals surface area contributed by atoms with Crippen molar-refractivity contribution in [2.75, 3.05) is 5.32 Å². The molecule has 1 aromatic carbocycles. The number of rotatable bonds is 6. The number of carboxylic acids is 1. The van der Waals surface area contributed by atoms with Gasteiger partial charge in [0, 0.05) is 30.7 Å². The molecule has 2 aromatic rings. The number of benzene rings is 1. The molecule has 0 atom stereocenters. The average molecular weight is 345 g/mol. The molecule has 1 amide bonds. The van der Waals surface area contributed by atoms with E-state index in [4.69, 9.17) is 9.84 Å². The number of aromatic amines is 1. The molecule has 0 aliphatic carbocycles. The van der Waals surface area contributed by atoms with E-state index >= 15 is 0 Å². The van der Waals surface area contributed by atoms with Crippen molar-refractivity contribution in [1.82, 2.24) is 10.3 Å². The Morgan fingerprint density at radius 3 is 2.40 bits per heavy atom. The molecule has 0 aliphatic rings. The number of carbonyl (C=O) groups is 2. The maximum absolute atomic E-state index is 11.7. The molecule has 4 N–H and O–H groups in total. The van der Waals surface area contributed by atoms with Crippen LogP contribution >= 0.6 is 0 Å². The van der Waals surface area contributed by atoms with Gasteiger partial charge in [-0.05, 0) is 44.5 Å². The number of hydrogen-bond acceptors (Lipinski definition) is 4. The number of H-pyrrole nitrogens is 1. The van der Waals surface area contributed by atoms with E-state index in [2.05, 4.69) is 15.6 Å². The van der Waals surface area contributed by atoms with Crippen LogP contribution < -0.4 is 10.6 Å². The molecule has 2 rings (SSSR count). The molecule has 0 spiro atoms. The van der Waals surface area contributed by atoms with E-state index in [-0.39, 0.29) is 5.56 Å². The second kappa shape index (κ2) is 7.85. The van der Waals surface area contributed by atoms with Crippen molar-refractivity contribution in [2.24, 2.45) is 0 Å². The number of anilines is 1. The Hall–Kier alpha value is -2.80. The monoisotopic (exact) mass is 345 g/mol. The number of hydrogen-bond donors (Lipinski definition) is 4. The zero-order valence-corrected chi connectivity index (χ0v) is 14.6. The van der Waals surface area contributed by atoms with Crippen LogP contribution in [0, 0.1) is 0 Å². The lowest BCUT2D eigenvalue weighted by Crippen LogP contribution is -2.27. The summed E-state index contributed by atoms with van der Waals surface area (Å²) in [6.07, 6.45) is 1.11. The Morgan fingerprint density at radius 1 is 1.12 bits per heavy atom. The van der Waals surface area contributed by atoms with Gasteiger partial charge in [-0.15, -0.1) is 0 Å². The molecule has 0 fully saturated rings. The molecule has 0 unspecified atom stereocenters. The van der Waals surface area contributed by atoms with Crippen molar-refractivity contribution in [3.8, 4) is 0 Å². The second-order valence-corrected chi connectivity index (χ2v) is 6.60. The summed E-state index contributed by atoms with van der Waals surface area (Å²) >= 11 is 0. The van der Waals surface area contributed by atoms with E-state index in [9.17, 15) is 9.59 Å². The highest BCUT2D eigenvalue weighted by Crippen LogP contribution is 2.13. The van der Waals surface area contributed by atoms with Crippen LogP contribution in [0.2, 0.25) is 0 Å². The quantitative estimate of drug-likeness (QED) is 0.643. The Bertz CT molecular complexity index is 730. The predicted molar refractivity (Wildman–Crippen MR) is 94.6 cm³/mol. The number of nitrogens with one attached hydrogen (secondary N) is 3. The normalized spacial score (nSPS) is 11.2. The van der Waals surface area contributed by atoms with Crippen LogP contribution in [0.25, 0.3) is 0 Å². The summed E-state index contributed by atoms with van der Waals surface area (Å²) in [6, 6.07) is 8.88. The highest BCUT2D eigenvalue weighted by atomic mass is 16.6. The molecule has 0 bridgehead atoms. The van der Waals surface area contributed by atoms with Crippen molar-refractivity contribution in [2.45, 2.75) is 39.5 Å². The molecule has 0 radical (unpaired) electrons. The fourth-order valence-corrected chi connectivity index (χ4v) is 2.21. The van der Waals surface area contributed by atoms with Crippen LogP contribution in [0.1, 0.15) is 42.4 Å². The van der Waals surface area contributed by atoms with E-state index in [1.165, 1.54) is 6.07 Å². The summed E-state index contributed by atoms with van der Waals surface area (Å²) in [7, 11) is 0. The third-order valence-electron chi connectivity index (χ3n) is 3.29. The number of carboxylic acid groups (broad SMARTS) is 1. The summed E-state index contributed by atoms with van der Waals surface area (Å²) in [6.45, 7) is 6.42. The standard InChI is InChI=1S/C18H23N3O4/c1-18(2,3)25-17(24)21-13-6-4-12(5-7-13)10-19-11-15-14(16(22)23)8-9-20-15/h4-9,19-20H,10-11H2,1-3H3,(H,21,24)(H,22,23). The van der Waals surface area contributed by atoms with Gasteiger partial charge in [0.05, 0.1) is 5.56 Å². The fourth-order valence-electron chi connectivity index (χ4n) is 2.21. The molecule has 0 aliphatic heterocycles. The predicted octanol–water partition coefficient (Wildman–Crippen LogP) is 3.35. The Balaban J connectivity index is 1.83. The maximum atomic E-state index is 11.7. The van der Waals surface area contributed by atoms with Gasteiger partial charge >= 0.3 is 12.1 Å². The molecule has 1 heterocycles. The van der Waals surface area contributed by atoms with Crippen LogP contribution in [0.3, 0.4) is 0 Å². The van der Waals surface area contributed by atoms with Gasteiger partial charge in [0.2, 0.25) is 0 Å². The van der Waals surface area contributed by atoms with Gasteiger partial charge in [-0.25, -0.2) is 9.59 Å². The van der Waals surface area contributed by atoms with Gasteiger partial charge in [-0.2, -0.15) is 0 Å². The minimum absolute atomic E-state index is 0.268. The van der Waals surface area contributed by atoms with Gasteiger partial charge in [-0.3, -0.25) is 5.32 Å². The van der Waals surface area contributed by atoms with Crippen LogP contribution in [-0.2, 0) is 17.8 Å². The molecule has 0 saturated heterocycles. The molecule has 0 saturated carbocycles. The first-order valence-electron chi connectivity index (χ1n) is 7.94. The topological polar surface area (TPSA) is 103 Å². The minimum atomic E-state index is -0.948. The first-order valence-corrected chi connectivity index (χ1v) is 7.94. The SMILES string of the molecule is CC(C)(C)OC(=O)Nc1ccc(CNCc2[nH]ccc2C(=O)O)cc1. The maximum Gasteiger partial charge on any atom is 0.412 e. The van der Waals surface area contributed by atoms with Crippen LogP contribution in [0.5, 0.6) is 0 Å². The summed E-state index contributed by atoms with van der Waals surface area (Å²) in [4.78, 5) is 25.7. The van der Waals surface area contributed by atoms with E-state index < -0.39 is 17.7 Å². The zero-order valence-electron chi connectivity index (χ0n) is 14.6. The Labute approximate surface area is 146 Å². The van der Waals surface area contributed by atoms with E-state index in [0.29, 0.717) is 24.5 Å². The third kappa shape index (κ3) is 5.96. The molecular weight excluding hydrogens is 322 g/mol. The zero-order chi connectivity index (χ0) is 18.4. The number of amides is 1. The first kappa shape index (κ1) is 18.5. The highest BCUT2D eigenvalue weighted by Gasteiger charge is 2.16. The number of aromatic carboxylic acids is 1. The van der Waals surface area contributed by atoms with Crippen molar-refractivity contribution in [3.63, 3.8) is 0 Å². The second-order valence-electron chi connectivity index (χ2n) is 6.60. The van der Waals surface area contributed by atoms with Crippen LogP contribution in [0.15, 0.2) is 36.5 Å².